The van der Waals surface area contributed by atoms with E-state index in [0.29, 0.717) is 23.5 Å². The fourth-order valence-corrected chi connectivity index (χ4v) is 3.16. The maximum absolute atomic E-state index is 12.6. The van der Waals surface area contributed by atoms with Gasteiger partial charge in [-0.1, -0.05) is 12.1 Å². The van der Waals surface area contributed by atoms with E-state index in [1.807, 2.05) is 0 Å². The van der Waals surface area contributed by atoms with Gasteiger partial charge >= 0.3 is 0 Å². The van der Waals surface area contributed by atoms with Crippen LogP contribution in [0.2, 0.25) is 0 Å². The second-order valence-corrected chi connectivity index (χ2v) is 6.29. The lowest BCUT2D eigenvalue weighted by Gasteiger charge is -2.18. The summed E-state index contributed by atoms with van der Waals surface area (Å²) in [5.74, 6) is 0.103. The molecule has 2 aromatic rings. The Morgan fingerprint density at radius 3 is 2.74 bits per heavy atom. The van der Waals surface area contributed by atoms with Crippen molar-refractivity contribution in [3.8, 4) is 5.75 Å². The van der Waals surface area contributed by atoms with Crippen LogP contribution in [-0.2, 0) is 4.79 Å². The number of rotatable bonds is 5. The Labute approximate surface area is 155 Å². The summed E-state index contributed by atoms with van der Waals surface area (Å²) >= 11 is 0. The first kappa shape index (κ1) is 18.4. The SMILES string of the molecule is COc1cccc(N2CC(NC(=O)c3cccc([N+](=O)[O-])c3C)CC2=O)c1. The lowest BCUT2D eigenvalue weighted by Crippen LogP contribution is -2.37. The molecule has 0 aliphatic carbocycles. The van der Waals surface area contributed by atoms with E-state index in [4.69, 9.17) is 4.74 Å². The third kappa shape index (κ3) is 3.74. The summed E-state index contributed by atoms with van der Waals surface area (Å²) < 4.78 is 5.18. The lowest BCUT2D eigenvalue weighted by molar-refractivity contribution is -0.385. The van der Waals surface area contributed by atoms with Gasteiger partial charge in [0.1, 0.15) is 5.75 Å². The summed E-state index contributed by atoms with van der Waals surface area (Å²) in [7, 11) is 1.55. The summed E-state index contributed by atoms with van der Waals surface area (Å²) in [5, 5.41) is 13.9. The van der Waals surface area contributed by atoms with Crippen LogP contribution in [0.3, 0.4) is 0 Å². The molecule has 27 heavy (non-hydrogen) atoms. The van der Waals surface area contributed by atoms with Crippen LogP contribution >= 0.6 is 0 Å². The monoisotopic (exact) mass is 369 g/mol. The van der Waals surface area contributed by atoms with Crippen molar-refractivity contribution in [3.05, 3.63) is 63.7 Å². The van der Waals surface area contributed by atoms with Crippen molar-refractivity contribution in [2.75, 3.05) is 18.6 Å². The Balaban J connectivity index is 1.74. The standard InChI is InChI=1S/C19H19N3O5/c1-12-16(7-4-8-17(12)22(25)26)19(24)20-13-9-18(23)21(11-13)14-5-3-6-15(10-14)27-2/h3-8,10,13H,9,11H2,1-2H3,(H,20,24). The van der Waals surface area contributed by atoms with E-state index < -0.39 is 10.8 Å². The summed E-state index contributed by atoms with van der Waals surface area (Å²) in [6, 6.07) is 11.1. The van der Waals surface area contributed by atoms with Crippen LogP contribution in [0, 0.1) is 17.0 Å². The number of carbonyl (C=O) groups excluding carboxylic acids is 2. The summed E-state index contributed by atoms with van der Waals surface area (Å²) in [5.41, 5.74) is 1.12. The summed E-state index contributed by atoms with van der Waals surface area (Å²) in [6.45, 7) is 1.86. The Morgan fingerprint density at radius 1 is 1.30 bits per heavy atom. The molecule has 0 radical (unpaired) electrons. The zero-order valence-electron chi connectivity index (χ0n) is 15.0. The average molecular weight is 369 g/mol. The molecule has 1 aliphatic rings. The quantitative estimate of drug-likeness (QED) is 0.644. The number of nitro groups is 1. The molecule has 0 spiro atoms. The second-order valence-electron chi connectivity index (χ2n) is 6.29. The van der Waals surface area contributed by atoms with E-state index in [2.05, 4.69) is 5.32 Å². The fraction of sp³-hybridized carbons (Fsp3) is 0.263. The summed E-state index contributed by atoms with van der Waals surface area (Å²) in [6.07, 6.45) is 0.164. The minimum Gasteiger partial charge on any atom is -0.497 e. The molecular formula is C19H19N3O5. The van der Waals surface area contributed by atoms with Gasteiger partial charge < -0.3 is 15.0 Å². The first-order chi connectivity index (χ1) is 12.9. The number of benzene rings is 2. The molecule has 1 fully saturated rings. The highest BCUT2D eigenvalue weighted by atomic mass is 16.6. The van der Waals surface area contributed by atoms with Crippen LogP contribution in [0.15, 0.2) is 42.5 Å². The molecule has 8 heteroatoms. The van der Waals surface area contributed by atoms with Crippen LogP contribution in [0.25, 0.3) is 0 Å². The van der Waals surface area contributed by atoms with Crippen LogP contribution in [-0.4, -0.2) is 36.4 Å². The Bertz CT molecular complexity index is 912. The van der Waals surface area contributed by atoms with Gasteiger partial charge in [-0.2, -0.15) is 0 Å². The van der Waals surface area contributed by atoms with E-state index >= 15 is 0 Å². The number of nitrogens with one attached hydrogen (secondary N) is 1. The highest BCUT2D eigenvalue weighted by Crippen LogP contribution is 2.26. The van der Waals surface area contributed by atoms with Gasteiger partial charge in [-0.15, -0.1) is 0 Å². The fourth-order valence-electron chi connectivity index (χ4n) is 3.16. The predicted molar refractivity (Wildman–Crippen MR) is 99.1 cm³/mol. The highest BCUT2D eigenvalue weighted by Gasteiger charge is 2.32. The van der Waals surface area contributed by atoms with Gasteiger partial charge in [0.05, 0.1) is 18.1 Å². The molecule has 1 aliphatic heterocycles. The Kier molecular flexibility index (Phi) is 5.07. The molecule has 1 N–H and O–H groups in total. The van der Waals surface area contributed by atoms with Crippen molar-refractivity contribution >= 4 is 23.2 Å². The molecule has 0 aromatic heterocycles. The molecular weight excluding hydrogens is 350 g/mol. The minimum absolute atomic E-state index is 0.107. The normalized spacial score (nSPS) is 16.3. The number of nitro benzene ring substituents is 1. The molecule has 2 aromatic carbocycles. The number of amides is 2. The van der Waals surface area contributed by atoms with E-state index in [1.54, 1.807) is 36.3 Å². The van der Waals surface area contributed by atoms with Crippen molar-refractivity contribution in [1.29, 1.82) is 0 Å². The number of methoxy groups -OCH3 is 1. The van der Waals surface area contributed by atoms with Crippen molar-refractivity contribution in [2.45, 2.75) is 19.4 Å². The van der Waals surface area contributed by atoms with Gasteiger partial charge in [0.15, 0.2) is 0 Å². The molecule has 3 rings (SSSR count). The smallest absolute Gasteiger partial charge is 0.273 e. The third-order valence-electron chi connectivity index (χ3n) is 4.57. The van der Waals surface area contributed by atoms with E-state index in [1.165, 1.54) is 25.1 Å². The maximum Gasteiger partial charge on any atom is 0.273 e. The average Bonchev–Trinajstić information content (AvgIpc) is 3.01. The predicted octanol–water partition coefficient (Wildman–Crippen LogP) is 2.45. The van der Waals surface area contributed by atoms with Crippen LogP contribution in [0.4, 0.5) is 11.4 Å². The molecule has 2 amide bonds. The minimum atomic E-state index is -0.518. The van der Waals surface area contributed by atoms with Crippen molar-refractivity contribution in [1.82, 2.24) is 5.32 Å². The third-order valence-corrected chi connectivity index (χ3v) is 4.57. The number of nitrogens with zero attached hydrogens (tertiary/aromatic N) is 2. The number of hydrogen-bond acceptors (Lipinski definition) is 5. The van der Waals surface area contributed by atoms with Gasteiger partial charge in [0, 0.05) is 41.9 Å². The second kappa shape index (κ2) is 7.45. The van der Waals surface area contributed by atoms with E-state index in [9.17, 15) is 19.7 Å². The molecule has 1 atom stereocenters. The largest absolute Gasteiger partial charge is 0.497 e. The molecule has 1 heterocycles. The van der Waals surface area contributed by atoms with E-state index in [-0.39, 0.29) is 29.6 Å². The van der Waals surface area contributed by atoms with Crippen molar-refractivity contribution in [3.63, 3.8) is 0 Å². The number of carbonyl (C=O) groups is 2. The molecule has 0 bridgehead atoms. The van der Waals surface area contributed by atoms with Crippen LogP contribution < -0.4 is 15.0 Å². The lowest BCUT2D eigenvalue weighted by atomic mass is 10.1. The van der Waals surface area contributed by atoms with Crippen molar-refractivity contribution in [2.24, 2.45) is 0 Å². The number of anilines is 1. The first-order valence-electron chi connectivity index (χ1n) is 8.40. The zero-order chi connectivity index (χ0) is 19.6. The van der Waals surface area contributed by atoms with Gasteiger partial charge in [-0.05, 0) is 25.1 Å². The molecule has 0 saturated carbocycles. The molecule has 8 nitrogen and oxygen atoms in total. The molecule has 1 unspecified atom stereocenters. The van der Waals surface area contributed by atoms with Gasteiger partial charge in [-0.25, -0.2) is 0 Å². The van der Waals surface area contributed by atoms with E-state index in [0.717, 1.165) is 0 Å². The van der Waals surface area contributed by atoms with Gasteiger partial charge in [-0.3, -0.25) is 19.7 Å². The first-order valence-corrected chi connectivity index (χ1v) is 8.40. The number of hydrogen-bond donors (Lipinski definition) is 1. The molecule has 1 saturated heterocycles. The Morgan fingerprint density at radius 2 is 2.04 bits per heavy atom. The maximum atomic E-state index is 12.6. The molecule has 140 valence electrons. The van der Waals surface area contributed by atoms with Gasteiger partial charge in [0.2, 0.25) is 5.91 Å². The van der Waals surface area contributed by atoms with Crippen LogP contribution in [0.5, 0.6) is 5.75 Å². The number of ether oxygens (including phenoxy) is 1. The topological polar surface area (TPSA) is 102 Å². The van der Waals surface area contributed by atoms with Crippen LogP contribution in [0.1, 0.15) is 22.3 Å². The Hall–Kier alpha value is -3.42. The highest BCUT2D eigenvalue weighted by molar-refractivity contribution is 6.00. The van der Waals surface area contributed by atoms with Crippen molar-refractivity contribution < 1.29 is 19.2 Å². The zero-order valence-corrected chi connectivity index (χ0v) is 15.0. The summed E-state index contributed by atoms with van der Waals surface area (Å²) in [4.78, 5) is 37.0. The van der Waals surface area contributed by atoms with Gasteiger partial charge in [0.25, 0.3) is 11.6 Å².